The zero-order valence-corrected chi connectivity index (χ0v) is 23.1. The maximum atomic E-state index is 9.19. The van der Waals surface area contributed by atoms with E-state index in [4.69, 9.17) is 14.7 Å². The van der Waals surface area contributed by atoms with Gasteiger partial charge in [-0.05, 0) is 77.5 Å². The van der Waals surface area contributed by atoms with Crippen molar-refractivity contribution >= 4 is 37.6 Å². The molecule has 3 N–H and O–H groups in total. The van der Waals surface area contributed by atoms with E-state index in [1.54, 1.807) is 17.1 Å². The highest BCUT2D eigenvalue weighted by Gasteiger charge is 2.38. The van der Waals surface area contributed by atoms with Gasteiger partial charge in [-0.1, -0.05) is 44.2 Å². The Kier molecular flexibility index (Phi) is 8.36. The Bertz CT molecular complexity index is 1270. The summed E-state index contributed by atoms with van der Waals surface area (Å²) < 4.78 is 31.9. The van der Waals surface area contributed by atoms with Gasteiger partial charge in [-0.3, -0.25) is 9.45 Å². The number of hydrogen-bond acceptors (Lipinski definition) is 7. The lowest BCUT2D eigenvalue weighted by Gasteiger charge is -2.35. The Labute approximate surface area is 219 Å². The number of piperazine rings is 1. The average Bonchev–Trinajstić information content (AvgIpc) is 3.36. The minimum absolute atomic E-state index is 0.243. The first-order valence-corrected chi connectivity index (χ1v) is 15.2. The molecule has 9 heteroatoms. The summed E-state index contributed by atoms with van der Waals surface area (Å²) in [7, 11) is -3.67. The van der Waals surface area contributed by atoms with Crippen molar-refractivity contribution in [3.05, 3.63) is 59.2 Å². The summed E-state index contributed by atoms with van der Waals surface area (Å²) in [5.74, 6) is 1.85. The molecule has 2 heterocycles. The first kappa shape index (κ1) is 27.0. The monoisotopic (exact) mass is 530 g/mol. The van der Waals surface area contributed by atoms with Gasteiger partial charge in [-0.15, -0.1) is 0 Å². The second-order valence-electron chi connectivity index (χ2n) is 10.5. The van der Waals surface area contributed by atoms with Crippen LogP contribution in [-0.4, -0.2) is 67.8 Å². The van der Waals surface area contributed by atoms with Crippen molar-refractivity contribution in [2.75, 3.05) is 50.4 Å². The molecule has 3 aromatic rings. The molecule has 196 valence electrons. The largest absolute Gasteiger partial charge is 0.353 e. The van der Waals surface area contributed by atoms with Crippen molar-refractivity contribution in [2.45, 2.75) is 38.5 Å². The smallest absolute Gasteiger partial charge is 0.261 e. The van der Waals surface area contributed by atoms with Crippen LogP contribution in [-0.2, 0) is 28.4 Å². The van der Waals surface area contributed by atoms with E-state index in [0.717, 1.165) is 52.1 Å². The lowest BCUT2D eigenvalue weighted by atomic mass is 9.76. The Balaban J connectivity index is 0.000000556. The molecular formula is C27H38N4O3S2. The molecule has 36 heavy (non-hydrogen) atoms. The van der Waals surface area contributed by atoms with Gasteiger partial charge in [0, 0.05) is 38.1 Å². The molecule has 5 rings (SSSR count). The lowest BCUT2D eigenvalue weighted by molar-refractivity contribution is 0.260. The number of fused-ring (bicyclic) bond motifs is 2. The van der Waals surface area contributed by atoms with E-state index < -0.39 is 10.1 Å². The van der Waals surface area contributed by atoms with E-state index in [9.17, 15) is 8.42 Å². The molecule has 0 radical (unpaired) electrons. The topological polar surface area (TPSA) is 99.8 Å². The maximum Gasteiger partial charge on any atom is 0.261 e. The maximum absolute atomic E-state index is 9.19. The number of nitrogens with zero attached hydrogens (tertiary/aromatic N) is 3. The third-order valence-electron chi connectivity index (χ3n) is 7.62. The van der Waals surface area contributed by atoms with E-state index in [0.29, 0.717) is 12.2 Å². The second kappa shape index (κ2) is 11.1. The van der Waals surface area contributed by atoms with Gasteiger partial charge < -0.3 is 10.6 Å². The van der Waals surface area contributed by atoms with Crippen LogP contribution in [0.2, 0.25) is 0 Å². The molecule has 2 aliphatic rings. The van der Waals surface area contributed by atoms with Crippen molar-refractivity contribution in [3.63, 3.8) is 0 Å². The quantitative estimate of drug-likeness (QED) is 0.465. The fourth-order valence-electron chi connectivity index (χ4n) is 5.53. The molecule has 1 aliphatic carbocycles. The summed E-state index contributed by atoms with van der Waals surface area (Å²) in [6.45, 7) is 11.1. The van der Waals surface area contributed by atoms with Gasteiger partial charge in [0.05, 0.1) is 11.0 Å². The number of hydrogen-bond donors (Lipinski definition) is 2. The van der Waals surface area contributed by atoms with Crippen LogP contribution in [0.4, 0.5) is 5.82 Å². The van der Waals surface area contributed by atoms with E-state index in [1.165, 1.54) is 33.5 Å². The molecular weight excluding hydrogens is 492 g/mol. The molecule has 0 spiro atoms. The molecule has 1 atom stereocenters. The lowest BCUT2D eigenvalue weighted by Crippen LogP contribution is -2.47. The third kappa shape index (κ3) is 6.44. The summed E-state index contributed by atoms with van der Waals surface area (Å²) in [5, 5.41) is 1.30. The average molecular weight is 531 g/mol. The van der Waals surface area contributed by atoms with Crippen LogP contribution in [0.1, 0.15) is 37.0 Å². The molecule has 1 aromatic heterocycles. The van der Waals surface area contributed by atoms with E-state index in [-0.39, 0.29) is 5.41 Å². The van der Waals surface area contributed by atoms with Gasteiger partial charge in [0.25, 0.3) is 10.1 Å². The van der Waals surface area contributed by atoms with Crippen LogP contribution in [0.15, 0.2) is 42.5 Å². The number of rotatable bonds is 6. The fraction of sp³-hybridized carbons (Fsp3) is 0.519. The molecule has 1 unspecified atom stereocenters. The predicted molar refractivity (Wildman–Crippen MR) is 150 cm³/mol. The van der Waals surface area contributed by atoms with Crippen LogP contribution in [0.25, 0.3) is 10.1 Å². The fourth-order valence-corrected chi connectivity index (χ4v) is 6.33. The van der Waals surface area contributed by atoms with Crippen LogP contribution >= 0.6 is 11.5 Å². The minimum Gasteiger partial charge on any atom is -0.353 e. The van der Waals surface area contributed by atoms with Gasteiger partial charge in [0.2, 0.25) is 0 Å². The molecule has 7 nitrogen and oxygen atoms in total. The number of nitrogens with two attached hydrogens (primary N) is 1. The Hall–Kier alpha value is -2.04. The standard InChI is InChI=1S/C26H34N4S.CH4O3S/c1-26(2)21(9-11-27)18-20-8-7-19(17-23(20)26)10-12-29-13-15-30(16-14-29)25-22-5-3-4-6-24(22)31-28-25;1-5(2,3)4/h3-8,17,21H,9-16,18,27H2,1-2H3;1H3,(H,2,3,4). The minimum atomic E-state index is -3.67. The molecule has 0 saturated carbocycles. The van der Waals surface area contributed by atoms with E-state index in [2.05, 4.69) is 66.1 Å². The normalized spacial score (nSPS) is 19.7. The van der Waals surface area contributed by atoms with Crippen molar-refractivity contribution < 1.29 is 13.0 Å². The van der Waals surface area contributed by atoms with Crippen molar-refractivity contribution in [1.82, 2.24) is 9.27 Å². The zero-order chi connectivity index (χ0) is 25.9. The van der Waals surface area contributed by atoms with Gasteiger partial charge in [-0.2, -0.15) is 12.8 Å². The summed E-state index contributed by atoms with van der Waals surface area (Å²) >= 11 is 1.62. The van der Waals surface area contributed by atoms with Crippen molar-refractivity contribution in [1.29, 1.82) is 0 Å². The number of aromatic nitrogens is 1. The number of benzene rings is 2. The first-order chi connectivity index (χ1) is 17.1. The molecule has 2 aromatic carbocycles. The van der Waals surface area contributed by atoms with Gasteiger partial charge in [0.1, 0.15) is 5.82 Å². The highest BCUT2D eigenvalue weighted by molar-refractivity contribution is 7.85. The molecule has 1 aliphatic heterocycles. The van der Waals surface area contributed by atoms with Crippen LogP contribution in [0, 0.1) is 5.92 Å². The second-order valence-corrected chi connectivity index (χ2v) is 12.8. The first-order valence-electron chi connectivity index (χ1n) is 12.6. The molecule has 1 fully saturated rings. The van der Waals surface area contributed by atoms with Gasteiger partial charge in [0.15, 0.2) is 0 Å². The zero-order valence-electron chi connectivity index (χ0n) is 21.5. The highest BCUT2D eigenvalue weighted by Crippen LogP contribution is 2.44. The van der Waals surface area contributed by atoms with E-state index in [1.807, 2.05) is 0 Å². The Morgan fingerprint density at radius 2 is 1.83 bits per heavy atom. The van der Waals surface area contributed by atoms with Gasteiger partial charge >= 0.3 is 0 Å². The SMILES string of the molecule is CC1(C)c2cc(CCN3CCN(c4nsc5ccccc45)CC3)ccc2CC1CCN.CS(=O)(=O)O. The summed E-state index contributed by atoms with van der Waals surface area (Å²) in [6, 6.07) is 15.8. The molecule has 0 bridgehead atoms. The van der Waals surface area contributed by atoms with Crippen LogP contribution in [0.3, 0.4) is 0 Å². The summed E-state index contributed by atoms with van der Waals surface area (Å²) in [4.78, 5) is 5.07. The Morgan fingerprint density at radius 1 is 1.14 bits per heavy atom. The highest BCUT2D eigenvalue weighted by atomic mass is 32.2. The third-order valence-corrected chi connectivity index (χ3v) is 8.43. The molecule has 0 amide bonds. The van der Waals surface area contributed by atoms with Crippen molar-refractivity contribution in [2.24, 2.45) is 11.7 Å². The van der Waals surface area contributed by atoms with Crippen molar-refractivity contribution in [3.8, 4) is 0 Å². The van der Waals surface area contributed by atoms with Gasteiger partial charge in [-0.25, -0.2) is 0 Å². The summed E-state index contributed by atoms with van der Waals surface area (Å²) in [6.07, 6.45) is 4.15. The van der Waals surface area contributed by atoms with Crippen LogP contribution < -0.4 is 10.6 Å². The number of anilines is 1. The van der Waals surface area contributed by atoms with Crippen LogP contribution in [0.5, 0.6) is 0 Å². The Morgan fingerprint density at radius 3 is 2.53 bits per heavy atom. The molecule has 1 saturated heterocycles. The van der Waals surface area contributed by atoms with E-state index >= 15 is 0 Å². The predicted octanol–water partition coefficient (Wildman–Crippen LogP) is 3.96. The summed E-state index contributed by atoms with van der Waals surface area (Å²) in [5.41, 5.74) is 10.7.